The number of nitrogens with zero attached hydrogens (tertiary/aromatic N) is 3. The molecule has 0 spiro atoms. The van der Waals surface area contributed by atoms with Gasteiger partial charge in [0.15, 0.2) is 0 Å². The largest absolute Gasteiger partial charge is 0.359 e. The van der Waals surface area contributed by atoms with E-state index in [1.807, 2.05) is 41.8 Å². The van der Waals surface area contributed by atoms with Crippen LogP contribution in [-0.4, -0.2) is 63.5 Å². The molecule has 1 aliphatic rings. The van der Waals surface area contributed by atoms with Crippen LogP contribution in [0.2, 0.25) is 0 Å². The van der Waals surface area contributed by atoms with Crippen LogP contribution in [0, 0.1) is 0 Å². The van der Waals surface area contributed by atoms with E-state index >= 15 is 0 Å². The van der Waals surface area contributed by atoms with Crippen LogP contribution in [0.15, 0.2) is 66.3 Å². The molecule has 4 aromatic rings. The lowest BCUT2D eigenvalue weighted by Gasteiger charge is -2.34. The van der Waals surface area contributed by atoms with Crippen molar-refractivity contribution in [1.29, 1.82) is 0 Å². The molecular formula is C24H20N4O3S. The van der Waals surface area contributed by atoms with Crippen molar-refractivity contribution in [2.45, 2.75) is 0 Å². The lowest BCUT2D eigenvalue weighted by molar-refractivity contribution is -0.127. The number of rotatable bonds is 4. The van der Waals surface area contributed by atoms with E-state index < -0.39 is 11.7 Å². The molecule has 1 fully saturated rings. The summed E-state index contributed by atoms with van der Waals surface area (Å²) in [6.45, 7) is 1.42. The topological polar surface area (TPSA) is 86.4 Å². The summed E-state index contributed by atoms with van der Waals surface area (Å²) in [6.07, 6.45) is 3.21. The maximum Gasteiger partial charge on any atom is 0.295 e. The van der Waals surface area contributed by atoms with E-state index in [1.54, 1.807) is 40.8 Å². The van der Waals surface area contributed by atoms with E-state index in [2.05, 4.69) is 9.97 Å². The number of thiophene rings is 1. The molecule has 0 atom stereocenters. The smallest absolute Gasteiger partial charge is 0.295 e. The summed E-state index contributed by atoms with van der Waals surface area (Å²) in [6, 6.07) is 14.9. The van der Waals surface area contributed by atoms with E-state index in [1.165, 1.54) is 4.90 Å². The van der Waals surface area contributed by atoms with Crippen molar-refractivity contribution in [3.8, 4) is 10.4 Å². The van der Waals surface area contributed by atoms with Gasteiger partial charge in [-0.3, -0.25) is 19.4 Å². The highest BCUT2D eigenvalue weighted by Crippen LogP contribution is 2.31. The third-order valence-corrected chi connectivity index (χ3v) is 6.57. The predicted octanol–water partition coefficient (Wildman–Crippen LogP) is 3.46. The van der Waals surface area contributed by atoms with Crippen LogP contribution in [-0.2, 0) is 4.79 Å². The van der Waals surface area contributed by atoms with Crippen molar-refractivity contribution in [3.05, 3.63) is 77.4 Å². The summed E-state index contributed by atoms with van der Waals surface area (Å²) in [5.74, 6) is -1.22. The van der Waals surface area contributed by atoms with Gasteiger partial charge in [0.1, 0.15) is 0 Å². The minimum absolute atomic E-state index is 0.0639. The van der Waals surface area contributed by atoms with Gasteiger partial charge in [-0.2, -0.15) is 0 Å². The summed E-state index contributed by atoms with van der Waals surface area (Å²) in [4.78, 5) is 50.3. The van der Waals surface area contributed by atoms with E-state index in [0.717, 1.165) is 16.0 Å². The van der Waals surface area contributed by atoms with E-state index in [-0.39, 0.29) is 11.5 Å². The van der Waals surface area contributed by atoms with E-state index in [4.69, 9.17) is 0 Å². The van der Waals surface area contributed by atoms with Crippen molar-refractivity contribution in [2.24, 2.45) is 0 Å². The lowest BCUT2D eigenvalue weighted by Crippen LogP contribution is -2.52. The Balaban J connectivity index is 1.31. The molecule has 1 aromatic carbocycles. The summed E-state index contributed by atoms with van der Waals surface area (Å²) in [5.41, 5.74) is 3.07. The third kappa shape index (κ3) is 3.58. The number of hydrogen-bond donors (Lipinski definition) is 1. The van der Waals surface area contributed by atoms with E-state index in [9.17, 15) is 14.4 Å². The van der Waals surface area contributed by atoms with Gasteiger partial charge in [0.05, 0.1) is 16.6 Å². The van der Waals surface area contributed by atoms with Crippen molar-refractivity contribution in [2.75, 3.05) is 26.2 Å². The fourth-order valence-electron chi connectivity index (χ4n) is 3.97. The molecule has 8 heteroatoms. The Morgan fingerprint density at radius 3 is 2.38 bits per heavy atom. The number of Topliss-reactive ketones (excluding diaryl/α,β-unsaturated/α-hetero) is 1. The summed E-state index contributed by atoms with van der Waals surface area (Å²) < 4.78 is 0. The van der Waals surface area contributed by atoms with Gasteiger partial charge < -0.3 is 14.8 Å². The number of ketones is 1. The zero-order valence-corrected chi connectivity index (χ0v) is 18.0. The Bertz CT molecular complexity index is 1290. The lowest BCUT2D eigenvalue weighted by atomic mass is 10.1. The fraction of sp³-hybridized carbons (Fsp3) is 0.167. The second kappa shape index (κ2) is 8.39. The normalized spacial score (nSPS) is 14.0. The molecule has 0 unspecified atom stereocenters. The molecular weight excluding hydrogens is 424 g/mol. The van der Waals surface area contributed by atoms with Crippen LogP contribution in [0.4, 0.5) is 0 Å². The summed E-state index contributed by atoms with van der Waals surface area (Å²) in [7, 11) is 0. The molecule has 3 aromatic heterocycles. The van der Waals surface area contributed by atoms with Crippen molar-refractivity contribution >= 4 is 40.0 Å². The molecule has 1 N–H and O–H groups in total. The minimum Gasteiger partial charge on any atom is -0.359 e. The molecule has 0 radical (unpaired) electrons. The predicted molar refractivity (Wildman–Crippen MR) is 123 cm³/mol. The number of nitrogens with one attached hydrogen (secondary N) is 1. The number of aromatic amines is 1. The van der Waals surface area contributed by atoms with Crippen LogP contribution >= 0.6 is 11.3 Å². The number of fused-ring (bicyclic) bond motifs is 1. The fourth-order valence-corrected chi connectivity index (χ4v) is 4.73. The molecule has 5 rings (SSSR count). The van der Waals surface area contributed by atoms with Gasteiger partial charge in [0.2, 0.25) is 0 Å². The Kier molecular flexibility index (Phi) is 5.28. The molecule has 0 aliphatic carbocycles. The zero-order valence-electron chi connectivity index (χ0n) is 17.2. The highest BCUT2D eigenvalue weighted by molar-refractivity contribution is 7.13. The first-order valence-electron chi connectivity index (χ1n) is 10.3. The highest BCUT2D eigenvalue weighted by atomic mass is 32.1. The summed E-state index contributed by atoms with van der Waals surface area (Å²) >= 11 is 1.60. The van der Waals surface area contributed by atoms with Gasteiger partial charge in [0.25, 0.3) is 17.6 Å². The average Bonchev–Trinajstić information content (AvgIpc) is 3.53. The van der Waals surface area contributed by atoms with Gasteiger partial charge in [-0.25, -0.2) is 0 Å². The average molecular weight is 445 g/mol. The van der Waals surface area contributed by atoms with Crippen molar-refractivity contribution in [3.63, 3.8) is 0 Å². The number of amides is 2. The molecule has 0 saturated carbocycles. The molecule has 7 nitrogen and oxygen atoms in total. The van der Waals surface area contributed by atoms with Gasteiger partial charge in [-0.05, 0) is 29.6 Å². The number of carbonyl (C=O) groups is 3. The Hall–Kier alpha value is -3.78. The van der Waals surface area contributed by atoms with Crippen LogP contribution in [0.1, 0.15) is 20.7 Å². The van der Waals surface area contributed by atoms with Crippen LogP contribution in [0.5, 0.6) is 0 Å². The monoisotopic (exact) mass is 444 g/mol. The van der Waals surface area contributed by atoms with Gasteiger partial charge in [-0.15, -0.1) is 11.3 Å². The Morgan fingerprint density at radius 2 is 1.66 bits per heavy atom. The van der Waals surface area contributed by atoms with Gasteiger partial charge >= 0.3 is 0 Å². The maximum atomic E-state index is 13.0. The number of H-pyrrole nitrogens is 1. The first kappa shape index (κ1) is 20.1. The number of benzene rings is 1. The van der Waals surface area contributed by atoms with Crippen LogP contribution in [0.25, 0.3) is 21.5 Å². The van der Waals surface area contributed by atoms with Gasteiger partial charge in [0, 0.05) is 54.6 Å². The van der Waals surface area contributed by atoms with Crippen molar-refractivity contribution < 1.29 is 14.4 Å². The van der Waals surface area contributed by atoms with E-state index in [0.29, 0.717) is 37.3 Å². The number of carbonyl (C=O) groups excluding carboxylic acids is 3. The standard InChI is InChI=1S/C24H20N4O3S/c29-22(18-15-26-20-17(8-9-25-21(18)20)19-7-4-14-32-19)24(31)28-12-10-27(11-13-28)23(30)16-5-2-1-3-6-16/h1-9,14-15,26H,10-13H2. The van der Waals surface area contributed by atoms with Crippen molar-refractivity contribution in [1.82, 2.24) is 19.8 Å². The number of pyridine rings is 1. The highest BCUT2D eigenvalue weighted by Gasteiger charge is 2.30. The first-order chi connectivity index (χ1) is 15.6. The Labute approximate surface area is 188 Å². The van der Waals surface area contributed by atoms with Crippen LogP contribution < -0.4 is 0 Å². The maximum absolute atomic E-state index is 13.0. The first-order valence-corrected chi connectivity index (χ1v) is 11.2. The molecule has 2 amide bonds. The molecule has 1 aliphatic heterocycles. The number of piperazine rings is 1. The number of hydrogen-bond acceptors (Lipinski definition) is 5. The molecule has 4 heterocycles. The zero-order chi connectivity index (χ0) is 22.1. The molecule has 32 heavy (non-hydrogen) atoms. The quantitative estimate of drug-likeness (QED) is 0.386. The number of aromatic nitrogens is 2. The summed E-state index contributed by atoms with van der Waals surface area (Å²) in [5, 5.41) is 1.99. The Morgan fingerprint density at radius 1 is 0.906 bits per heavy atom. The van der Waals surface area contributed by atoms with Gasteiger partial charge in [-0.1, -0.05) is 24.3 Å². The third-order valence-electron chi connectivity index (χ3n) is 5.67. The van der Waals surface area contributed by atoms with Crippen LogP contribution in [0.3, 0.4) is 0 Å². The minimum atomic E-state index is -0.588. The molecule has 160 valence electrons. The molecule has 0 bridgehead atoms. The SMILES string of the molecule is O=C(C(=O)N1CCN(C(=O)c2ccccc2)CC1)c1c[nH]c2c(-c3cccs3)ccnc12. The second-order valence-corrected chi connectivity index (χ2v) is 8.49. The second-order valence-electron chi connectivity index (χ2n) is 7.54. The molecule has 1 saturated heterocycles.